The minimum absolute atomic E-state index is 0.0112. The number of para-hydroxylation sites is 1. The van der Waals surface area contributed by atoms with Gasteiger partial charge in [-0.2, -0.15) is 0 Å². The lowest BCUT2D eigenvalue weighted by Gasteiger charge is -2.12. The number of aryl methyl sites for hydroxylation is 1. The van der Waals surface area contributed by atoms with Crippen molar-refractivity contribution in [3.8, 4) is 5.69 Å². The van der Waals surface area contributed by atoms with Crippen LogP contribution in [0, 0.1) is 19.7 Å². The number of benzene rings is 1. The SMILES string of the molecule is Cc1cc(/C=C2\SC(=O)N(CC(=O)Nc3ccccc3F)C2=O)c(C)n1-c1cccnc1. The molecule has 0 saturated carbocycles. The summed E-state index contributed by atoms with van der Waals surface area (Å²) in [5, 5.41) is 1.83. The van der Waals surface area contributed by atoms with Crippen LogP contribution in [0.3, 0.4) is 0 Å². The number of carbonyl (C=O) groups is 3. The number of hydrogen-bond acceptors (Lipinski definition) is 5. The number of anilines is 1. The molecule has 2 aromatic heterocycles. The van der Waals surface area contributed by atoms with Gasteiger partial charge in [-0.1, -0.05) is 12.1 Å². The maximum atomic E-state index is 13.7. The lowest BCUT2D eigenvalue weighted by molar-refractivity contribution is -0.127. The molecule has 9 heteroatoms. The summed E-state index contributed by atoms with van der Waals surface area (Å²) in [5.74, 6) is -1.82. The molecule has 0 aliphatic carbocycles. The van der Waals surface area contributed by atoms with E-state index in [4.69, 9.17) is 0 Å². The van der Waals surface area contributed by atoms with E-state index in [9.17, 15) is 18.8 Å². The summed E-state index contributed by atoms with van der Waals surface area (Å²) < 4.78 is 15.7. The number of nitrogens with zero attached hydrogens (tertiary/aromatic N) is 3. The normalized spacial score (nSPS) is 15.0. The highest BCUT2D eigenvalue weighted by Crippen LogP contribution is 2.33. The number of imide groups is 1. The Labute approximate surface area is 187 Å². The van der Waals surface area contributed by atoms with Crippen LogP contribution in [0.5, 0.6) is 0 Å². The van der Waals surface area contributed by atoms with Crippen molar-refractivity contribution < 1.29 is 18.8 Å². The van der Waals surface area contributed by atoms with Crippen LogP contribution in [-0.2, 0) is 9.59 Å². The lowest BCUT2D eigenvalue weighted by atomic mass is 10.2. The van der Waals surface area contributed by atoms with E-state index < -0.39 is 29.4 Å². The molecule has 3 heterocycles. The first-order valence-electron chi connectivity index (χ1n) is 9.74. The van der Waals surface area contributed by atoms with Gasteiger partial charge in [0, 0.05) is 17.6 Å². The van der Waals surface area contributed by atoms with Gasteiger partial charge in [-0.15, -0.1) is 0 Å². The molecule has 1 fully saturated rings. The van der Waals surface area contributed by atoms with E-state index in [1.165, 1.54) is 18.2 Å². The van der Waals surface area contributed by atoms with E-state index in [1.807, 2.05) is 36.6 Å². The lowest BCUT2D eigenvalue weighted by Crippen LogP contribution is -2.36. The third-order valence-electron chi connectivity index (χ3n) is 4.98. The molecule has 162 valence electrons. The summed E-state index contributed by atoms with van der Waals surface area (Å²) in [6.45, 7) is 3.36. The second-order valence-electron chi connectivity index (χ2n) is 7.17. The third kappa shape index (κ3) is 4.19. The Morgan fingerprint density at radius 2 is 1.97 bits per heavy atom. The van der Waals surface area contributed by atoms with Gasteiger partial charge in [0.1, 0.15) is 12.4 Å². The van der Waals surface area contributed by atoms with Crippen molar-refractivity contribution in [2.75, 3.05) is 11.9 Å². The summed E-state index contributed by atoms with van der Waals surface area (Å²) in [5.41, 5.74) is 3.50. The zero-order valence-corrected chi connectivity index (χ0v) is 18.1. The molecular weight excluding hydrogens is 431 g/mol. The molecule has 4 rings (SSSR count). The van der Waals surface area contributed by atoms with Gasteiger partial charge in [0.05, 0.1) is 22.5 Å². The van der Waals surface area contributed by atoms with Gasteiger partial charge in [0.2, 0.25) is 5.91 Å². The van der Waals surface area contributed by atoms with E-state index in [2.05, 4.69) is 10.3 Å². The smallest absolute Gasteiger partial charge is 0.294 e. The summed E-state index contributed by atoms with van der Waals surface area (Å²) in [6.07, 6.45) is 5.08. The van der Waals surface area contributed by atoms with Crippen LogP contribution in [0.25, 0.3) is 11.8 Å². The van der Waals surface area contributed by atoms with Crippen LogP contribution in [-0.4, -0.2) is 38.0 Å². The minimum atomic E-state index is -0.659. The maximum Gasteiger partial charge on any atom is 0.294 e. The van der Waals surface area contributed by atoms with Gasteiger partial charge in [0.25, 0.3) is 11.1 Å². The molecule has 1 N–H and O–H groups in total. The Kier molecular flexibility index (Phi) is 5.91. The largest absolute Gasteiger partial charge is 0.322 e. The van der Waals surface area contributed by atoms with E-state index in [-0.39, 0.29) is 10.6 Å². The van der Waals surface area contributed by atoms with Crippen molar-refractivity contribution in [2.24, 2.45) is 0 Å². The van der Waals surface area contributed by atoms with Crippen LogP contribution >= 0.6 is 11.8 Å². The van der Waals surface area contributed by atoms with Gasteiger partial charge in [-0.25, -0.2) is 4.39 Å². The Bertz CT molecular complexity index is 1250. The number of thioether (sulfide) groups is 1. The predicted molar refractivity (Wildman–Crippen MR) is 121 cm³/mol. The summed E-state index contributed by atoms with van der Waals surface area (Å²) in [6, 6.07) is 11.4. The number of nitrogens with one attached hydrogen (secondary N) is 1. The number of rotatable bonds is 5. The molecule has 1 aliphatic rings. The molecule has 1 aromatic carbocycles. The molecule has 0 bridgehead atoms. The molecule has 3 amide bonds. The Morgan fingerprint density at radius 3 is 2.69 bits per heavy atom. The monoisotopic (exact) mass is 450 g/mol. The number of aromatic nitrogens is 2. The zero-order valence-electron chi connectivity index (χ0n) is 17.3. The average Bonchev–Trinajstić information content (AvgIpc) is 3.19. The third-order valence-corrected chi connectivity index (χ3v) is 5.89. The maximum absolute atomic E-state index is 13.7. The van der Waals surface area contributed by atoms with Gasteiger partial charge in [-0.3, -0.25) is 24.3 Å². The van der Waals surface area contributed by atoms with E-state index >= 15 is 0 Å². The minimum Gasteiger partial charge on any atom is -0.322 e. The Balaban J connectivity index is 1.53. The summed E-state index contributed by atoms with van der Waals surface area (Å²) in [7, 11) is 0. The number of amides is 3. The second-order valence-corrected chi connectivity index (χ2v) is 8.16. The standard InChI is InChI=1S/C23H19FN4O3S/c1-14-10-16(15(2)28(14)17-6-5-9-25-12-17)11-20-22(30)27(23(31)32-20)13-21(29)26-19-8-4-3-7-18(19)24/h3-12H,13H2,1-2H3,(H,26,29)/b20-11-. The van der Waals surface area contributed by atoms with Crippen molar-refractivity contribution in [3.05, 3.63) is 82.5 Å². The van der Waals surface area contributed by atoms with Gasteiger partial charge in [0.15, 0.2) is 0 Å². The zero-order chi connectivity index (χ0) is 22.8. The van der Waals surface area contributed by atoms with E-state index in [0.717, 1.165) is 39.3 Å². The molecule has 0 spiro atoms. The first kappa shape index (κ1) is 21.5. The average molecular weight is 450 g/mol. The van der Waals surface area contributed by atoms with Crippen LogP contribution in [0.15, 0.2) is 59.8 Å². The predicted octanol–water partition coefficient (Wildman–Crippen LogP) is 4.30. The second kappa shape index (κ2) is 8.80. The number of halogens is 1. The van der Waals surface area contributed by atoms with Crippen molar-refractivity contribution >= 4 is 40.6 Å². The molecule has 1 aliphatic heterocycles. The van der Waals surface area contributed by atoms with Crippen LogP contribution in [0.2, 0.25) is 0 Å². The Hall–Kier alpha value is -3.72. The fraction of sp³-hybridized carbons (Fsp3) is 0.130. The molecular formula is C23H19FN4O3S. The van der Waals surface area contributed by atoms with Crippen LogP contribution < -0.4 is 5.32 Å². The molecule has 0 unspecified atom stereocenters. The van der Waals surface area contributed by atoms with E-state index in [0.29, 0.717) is 0 Å². The number of hydrogen-bond donors (Lipinski definition) is 1. The highest BCUT2D eigenvalue weighted by molar-refractivity contribution is 8.18. The summed E-state index contributed by atoms with van der Waals surface area (Å²) >= 11 is 0.771. The first-order chi connectivity index (χ1) is 15.3. The van der Waals surface area contributed by atoms with Crippen LogP contribution in [0.4, 0.5) is 14.9 Å². The highest BCUT2D eigenvalue weighted by Gasteiger charge is 2.36. The first-order valence-corrected chi connectivity index (χ1v) is 10.6. The molecule has 0 atom stereocenters. The summed E-state index contributed by atoms with van der Waals surface area (Å²) in [4.78, 5) is 42.7. The van der Waals surface area contributed by atoms with Gasteiger partial charge < -0.3 is 9.88 Å². The van der Waals surface area contributed by atoms with E-state index in [1.54, 1.807) is 24.5 Å². The van der Waals surface area contributed by atoms with Crippen LogP contribution in [0.1, 0.15) is 17.0 Å². The molecule has 3 aromatic rings. The number of carbonyl (C=O) groups excluding carboxylic acids is 3. The van der Waals surface area contributed by atoms with Crippen molar-refractivity contribution in [3.63, 3.8) is 0 Å². The molecule has 1 saturated heterocycles. The quantitative estimate of drug-likeness (QED) is 0.586. The molecule has 7 nitrogen and oxygen atoms in total. The molecule has 32 heavy (non-hydrogen) atoms. The Morgan fingerprint density at radius 1 is 1.19 bits per heavy atom. The van der Waals surface area contributed by atoms with Gasteiger partial charge >= 0.3 is 0 Å². The van der Waals surface area contributed by atoms with Gasteiger partial charge in [-0.05, 0) is 67.6 Å². The van der Waals surface area contributed by atoms with Crippen molar-refractivity contribution in [1.82, 2.24) is 14.5 Å². The highest BCUT2D eigenvalue weighted by atomic mass is 32.2. The fourth-order valence-electron chi connectivity index (χ4n) is 3.49. The fourth-order valence-corrected chi connectivity index (χ4v) is 4.32. The van der Waals surface area contributed by atoms with Crippen molar-refractivity contribution in [2.45, 2.75) is 13.8 Å². The number of pyridine rings is 1. The molecule has 0 radical (unpaired) electrons. The topological polar surface area (TPSA) is 84.3 Å². The van der Waals surface area contributed by atoms with Crippen molar-refractivity contribution in [1.29, 1.82) is 0 Å².